The molecule has 1 fully saturated rings. The van der Waals surface area contributed by atoms with Crippen LogP contribution in [0, 0.1) is 10.1 Å². The van der Waals surface area contributed by atoms with Crippen LogP contribution in [0.25, 0.3) is 0 Å². The Hall–Kier alpha value is -2.24. The normalized spacial score (nSPS) is 16.1. The largest absolute Gasteiger partial charge is 0.314 e. The zero-order chi connectivity index (χ0) is 14.1. The average Bonchev–Trinajstić information content (AvgIpc) is 3.19. The van der Waals surface area contributed by atoms with E-state index in [-0.39, 0.29) is 16.5 Å². The highest BCUT2D eigenvalue weighted by Gasteiger charge is 2.26. The highest BCUT2D eigenvalue weighted by atomic mass is 16.6. The third kappa shape index (κ3) is 2.54. The minimum Gasteiger partial charge on any atom is -0.314 e. The highest BCUT2D eigenvalue weighted by Crippen LogP contribution is 2.36. The van der Waals surface area contributed by atoms with Gasteiger partial charge in [0.25, 0.3) is 5.69 Å². The van der Waals surface area contributed by atoms with Crippen LogP contribution in [-0.4, -0.2) is 19.7 Å². The van der Waals surface area contributed by atoms with E-state index in [1.165, 1.54) is 18.9 Å². The molecule has 0 bridgehead atoms. The first kappa shape index (κ1) is 12.8. The Morgan fingerprint density at radius 1 is 1.50 bits per heavy atom. The van der Waals surface area contributed by atoms with Crippen molar-refractivity contribution < 1.29 is 4.92 Å². The van der Waals surface area contributed by atoms with Crippen LogP contribution < -0.4 is 0 Å². The van der Waals surface area contributed by atoms with Gasteiger partial charge in [-0.3, -0.25) is 10.1 Å². The van der Waals surface area contributed by atoms with Crippen molar-refractivity contribution in [1.82, 2.24) is 14.8 Å². The van der Waals surface area contributed by atoms with Crippen molar-refractivity contribution in [2.75, 3.05) is 0 Å². The molecule has 2 aromatic rings. The topological polar surface area (TPSA) is 73.8 Å². The molecule has 1 aliphatic rings. The fraction of sp³-hybridized carbons (Fsp3) is 0.429. The second-order valence-electron chi connectivity index (χ2n) is 5.34. The Morgan fingerprint density at radius 2 is 2.30 bits per heavy atom. The summed E-state index contributed by atoms with van der Waals surface area (Å²) in [5.41, 5.74) is 1.10. The number of non-ortho nitro benzene ring substituents is 1. The molecule has 1 heterocycles. The molecule has 104 valence electrons. The molecule has 0 radical (unpaired) electrons. The smallest absolute Gasteiger partial charge is 0.269 e. The first-order chi connectivity index (χ1) is 9.65. The molecule has 1 aliphatic carbocycles. The summed E-state index contributed by atoms with van der Waals surface area (Å²) in [4.78, 5) is 10.5. The molecule has 6 nitrogen and oxygen atoms in total. The lowest BCUT2D eigenvalue weighted by molar-refractivity contribution is -0.384. The molecule has 3 rings (SSSR count). The Balaban J connectivity index is 1.78. The predicted molar refractivity (Wildman–Crippen MR) is 73.5 cm³/mol. The summed E-state index contributed by atoms with van der Waals surface area (Å²) in [6.45, 7) is 2.06. The zero-order valence-corrected chi connectivity index (χ0v) is 11.3. The zero-order valence-electron chi connectivity index (χ0n) is 11.3. The lowest BCUT2D eigenvalue weighted by Gasteiger charge is -2.12. The van der Waals surface area contributed by atoms with Crippen molar-refractivity contribution in [3.63, 3.8) is 0 Å². The first-order valence-electron chi connectivity index (χ1n) is 6.78. The molecule has 1 aromatic carbocycles. The van der Waals surface area contributed by atoms with Crippen molar-refractivity contribution in [2.24, 2.45) is 0 Å². The van der Waals surface area contributed by atoms with Crippen LogP contribution >= 0.6 is 0 Å². The van der Waals surface area contributed by atoms with Crippen LogP contribution in [-0.2, 0) is 6.42 Å². The number of aromatic nitrogens is 3. The molecule has 0 amide bonds. The number of hydrogen-bond donors (Lipinski definition) is 0. The van der Waals surface area contributed by atoms with E-state index in [1.54, 1.807) is 18.5 Å². The summed E-state index contributed by atoms with van der Waals surface area (Å²) in [7, 11) is 0. The summed E-state index contributed by atoms with van der Waals surface area (Å²) in [5, 5.41) is 19.0. The maximum atomic E-state index is 10.8. The second-order valence-corrected chi connectivity index (χ2v) is 5.34. The maximum Gasteiger partial charge on any atom is 0.269 e. The van der Waals surface area contributed by atoms with E-state index < -0.39 is 0 Å². The summed E-state index contributed by atoms with van der Waals surface area (Å²) in [5.74, 6) is 1.14. The minimum atomic E-state index is -0.358. The summed E-state index contributed by atoms with van der Waals surface area (Å²) in [6, 6.07) is 7.37. The van der Waals surface area contributed by atoms with Gasteiger partial charge in [-0.05, 0) is 24.3 Å². The molecule has 1 saturated carbocycles. The average molecular weight is 272 g/mol. The maximum absolute atomic E-state index is 10.8. The van der Waals surface area contributed by atoms with E-state index in [4.69, 9.17) is 0 Å². The van der Waals surface area contributed by atoms with Crippen LogP contribution in [0.1, 0.15) is 43.1 Å². The van der Waals surface area contributed by atoms with E-state index in [0.717, 1.165) is 17.8 Å². The van der Waals surface area contributed by atoms with Crippen molar-refractivity contribution in [2.45, 2.75) is 38.1 Å². The minimum absolute atomic E-state index is 0.137. The molecule has 1 atom stereocenters. The number of nitrogens with zero attached hydrogens (tertiary/aromatic N) is 4. The van der Waals surface area contributed by atoms with Crippen LogP contribution in [0.3, 0.4) is 0 Å². The van der Waals surface area contributed by atoms with Gasteiger partial charge in [0.05, 0.1) is 4.92 Å². The lowest BCUT2D eigenvalue weighted by atomic mass is 9.97. The van der Waals surface area contributed by atoms with Crippen LogP contribution in [0.2, 0.25) is 0 Å². The van der Waals surface area contributed by atoms with Crippen molar-refractivity contribution >= 4 is 5.69 Å². The van der Waals surface area contributed by atoms with Gasteiger partial charge in [0, 0.05) is 24.6 Å². The Bertz CT molecular complexity index is 634. The van der Waals surface area contributed by atoms with Gasteiger partial charge in [-0.25, -0.2) is 0 Å². The lowest BCUT2D eigenvalue weighted by Crippen LogP contribution is -2.06. The third-order valence-electron chi connectivity index (χ3n) is 3.73. The van der Waals surface area contributed by atoms with Crippen LogP contribution in [0.5, 0.6) is 0 Å². The van der Waals surface area contributed by atoms with Gasteiger partial charge in [-0.2, -0.15) is 0 Å². The predicted octanol–water partition coefficient (Wildman–Crippen LogP) is 2.87. The molecule has 0 saturated heterocycles. The number of nitro groups is 1. The van der Waals surface area contributed by atoms with Crippen molar-refractivity contribution in [3.8, 4) is 0 Å². The van der Waals surface area contributed by atoms with Gasteiger partial charge in [0.2, 0.25) is 0 Å². The van der Waals surface area contributed by atoms with Gasteiger partial charge in [-0.15, -0.1) is 10.2 Å². The van der Waals surface area contributed by atoms with E-state index in [1.807, 2.05) is 6.07 Å². The molecule has 0 N–H and O–H groups in total. The molecular formula is C14H16N4O2. The standard InChI is InChI=1S/C14H16N4O2/c1-10(11-3-2-4-13(8-11)18(19)20)7-14-16-15-9-17(14)12-5-6-12/h2-4,8-10,12H,5-7H2,1H3/t10-/m1/s1. The number of nitro benzene ring substituents is 1. The van der Waals surface area contributed by atoms with Gasteiger partial charge >= 0.3 is 0 Å². The summed E-state index contributed by atoms with van der Waals surface area (Å²) < 4.78 is 2.13. The highest BCUT2D eigenvalue weighted by molar-refractivity contribution is 5.36. The third-order valence-corrected chi connectivity index (χ3v) is 3.73. The van der Waals surface area contributed by atoms with Crippen molar-refractivity contribution in [3.05, 3.63) is 52.1 Å². The quantitative estimate of drug-likeness (QED) is 0.619. The number of benzene rings is 1. The van der Waals surface area contributed by atoms with Gasteiger partial charge in [-0.1, -0.05) is 19.1 Å². The summed E-state index contributed by atoms with van der Waals surface area (Å²) in [6.07, 6.45) is 4.91. The molecular weight excluding hydrogens is 256 g/mol. The van der Waals surface area contributed by atoms with E-state index >= 15 is 0 Å². The van der Waals surface area contributed by atoms with Crippen LogP contribution in [0.15, 0.2) is 30.6 Å². The molecule has 20 heavy (non-hydrogen) atoms. The second kappa shape index (κ2) is 5.03. The summed E-state index contributed by atoms with van der Waals surface area (Å²) >= 11 is 0. The van der Waals surface area contributed by atoms with E-state index in [2.05, 4.69) is 21.7 Å². The SMILES string of the molecule is C[C@H](Cc1nncn1C1CC1)c1cccc([N+](=O)[O-])c1. The monoisotopic (exact) mass is 272 g/mol. The van der Waals surface area contributed by atoms with Gasteiger partial charge in [0.15, 0.2) is 0 Å². The Kier molecular flexibility index (Phi) is 3.22. The molecule has 1 aromatic heterocycles. The van der Waals surface area contributed by atoms with Crippen LogP contribution in [0.4, 0.5) is 5.69 Å². The van der Waals surface area contributed by atoms with Gasteiger partial charge < -0.3 is 4.57 Å². The fourth-order valence-corrected chi connectivity index (χ4v) is 2.41. The molecule has 0 unspecified atom stereocenters. The Labute approximate surface area is 116 Å². The Morgan fingerprint density at radius 3 is 3.00 bits per heavy atom. The molecule has 0 spiro atoms. The fourth-order valence-electron chi connectivity index (χ4n) is 2.41. The molecule has 0 aliphatic heterocycles. The van der Waals surface area contributed by atoms with Crippen molar-refractivity contribution in [1.29, 1.82) is 0 Å². The van der Waals surface area contributed by atoms with Gasteiger partial charge in [0.1, 0.15) is 12.2 Å². The first-order valence-corrected chi connectivity index (χ1v) is 6.78. The molecule has 6 heteroatoms. The van der Waals surface area contributed by atoms with E-state index in [9.17, 15) is 10.1 Å². The number of hydrogen-bond acceptors (Lipinski definition) is 4. The number of rotatable bonds is 5. The van der Waals surface area contributed by atoms with E-state index in [0.29, 0.717) is 6.04 Å².